The molecule has 0 saturated carbocycles. The van der Waals surface area contributed by atoms with E-state index in [9.17, 15) is 9.90 Å². The van der Waals surface area contributed by atoms with Crippen LogP contribution in [0.2, 0.25) is 0 Å². The van der Waals surface area contributed by atoms with Crippen molar-refractivity contribution in [2.24, 2.45) is 5.92 Å². The molecule has 1 saturated heterocycles. The van der Waals surface area contributed by atoms with Crippen molar-refractivity contribution < 1.29 is 14.6 Å². The lowest BCUT2D eigenvalue weighted by atomic mass is 9.92. The summed E-state index contributed by atoms with van der Waals surface area (Å²) in [5.41, 5.74) is 0.949. The van der Waals surface area contributed by atoms with Gasteiger partial charge >= 0.3 is 0 Å². The Morgan fingerprint density at radius 1 is 1.52 bits per heavy atom. The van der Waals surface area contributed by atoms with Crippen LogP contribution in [0.5, 0.6) is 5.75 Å². The van der Waals surface area contributed by atoms with E-state index in [1.807, 2.05) is 20.0 Å². The fourth-order valence-corrected chi connectivity index (χ4v) is 2.88. The number of hydrogen-bond acceptors (Lipinski definition) is 3. The van der Waals surface area contributed by atoms with E-state index in [0.717, 1.165) is 24.8 Å². The average Bonchev–Trinajstić information content (AvgIpc) is 2.52. The van der Waals surface area contributed by atoms with Crippen molar-refractivity contribution in [3.05, 3.63) is 29.8 Å². The first-order chi connectivity index (χ1) is 10.0. The smallest absolute Gasteiger partial charge is 0.226 e. The van der Waals surface area contributed by atoms with Gasteiger partial charge in [0.15, 0.2) is 0 Å². The molecule has 21 heavy (non-hydrogen) atoms. The van der Waals surface area contributed by atoms with Gasteiger partial charge in [0, 0.05) is 19.6 Å². The number of nitrogens with zero attached hydrogens (tertiary/aromatic N) is 1. The van der Waals surface area contributed by atoms with E-state index in [-0.39, 0.29) is 29.7 Å². The van der Waals surface area contributed by atoms with Crippen LogP contribution < -0.4 is 0 Å². The molecule has 1 amide bonds. The summed E-state index contributed by atoms with van der Waals surface area (Å²) in [5.74, 6) is 0.457. The van der Waals surface area contributed by atoms with Crippen LogP contribution >= 0.6 is 0 Å². The zero-order valence-electron chi connectivity index (χ0n) is 13.1. The molecule has 1 fully saturated rings. The van der Waals surface area contributed by atoms with E-state index in [2.05, 4.69) is 6.92 Å². The highest BCUT2D eigenvalue weighted by molar-refractivity contribution is 5.79. The van der Waals surface area contributed by atoms with Gasteiger partial charge in [-0.15, -0.1) is 0 Å². The number of phenolic OH excluding ortho intramolecular Hbond substituents is 1. The third kappa shape index (κ3) is 3.76. The summed E-state index contributed by atoms with van der Waals surface area (Å²) in [7, 11) is 1.84. The van der Waals surface area contributed by atoms with Gasteiger partial charge in [-0.2, -0.15) is 0 Å². The molecule has 1 aliphatic heterocycles. The Kier molecular flexibility index (Phi) is 5.23. The molecular formula is C17H25NO3. The first-order valence-corrected chi connectivity index (χ1v) is 7.70. The summed E-state index contributed by atoms with van der Waals surface area (Å²) in [6.07, 6.45) is 2.77. The Hall–Kier alpha value is -1.55. The van der Waals surface area contributed by atoms with Crippen LogP contribution in [0.4, 0.5) is 0 Å². The predicted octanol–water partition coefficient (Wildman–Crippen LogP) is 3.12. The van der Waals surface area contributed by atoms with Crippen molar-refractivity contribution in [2.75, 3.05) is 13.7 Å². The molecule has 0 spiro atoms. The minimum Gasteiger partial charge on any atom is -0.508 e. The largest absolute Gasteiger partial charge is 0.508 e. The van der Waals surface area contributed by atoms with Gasteiger partial charge in [0.1, 0.15) is 5.75 Å². The van der Waals surface area contributed by atoms with Crippen molar-refractivity contribution in [1.82, 2.24) is 4.90 Å². The maximum absolute atomic E-state index is 12.7. The molecule has 0 aromatic heterocycles. The van der Waals surface area contributed by atoms with Gasteiger partial charge < -0.3 is 14.7 Å². The SMILES string of the molecule is CC[C@@H]1C[C@@H](C(=O)N(C)[C@@H](C)c2cccc(O)c2)CCO1. The molecule has 1 aromatic carbocycles. The van der Waals surface area contributed by atoms with Gasteiger partial charge in [-0.25, -0.2) is 0 Å². The van der Waals surface area contributed by atoms with Crippen molar-refractivity contribution in [3.63, 3.8) is 0 Å². The number of rotatable bonds is 4. The Morgan fingerprint density at radius 2 is 2.29 bits per heavy atom. The van der Waals surface area contributed by atoms with Gasteiger partial charge in [0.05, 0.1) is 12.1 Å². The number of aromatic hydroxyl groups is 1. The van der Waals surface area contributed by atoms with Crippen LogP contribution in [0.25, 0.3) is 0 Å². The first-order valence-electron chi connectivity index (χ1n) is 7.70. The third-order valence-corrected chi connectivity index (χ3v) is 4.45. The summed E-state index contributed by atoms with van der Waals surface area (Å²) in [6.45, 7) is 4.75. The Balaban J connectivity index is 2.04. The lowest BCUT2D eigenvalue weighted by Gasteiger charge is -2.33. The van der Waals surface area contributed by atoms with Crippen molar-refractivity contribution in [2.45, 2.75) is 45.3 Å². The van der Waals surface area contributed by atoms with E-state index in [1.165, 1.54) is 0 Å². The van der Waals surface area contributed by atoms with Crippen molar-refractivity contribution in [3.8, 4) is 5.75 Å². The monoisotopic (exact) mass is 291 g/mol. The van der Waals surface area contributed by atoms with Gasteiger partial charge in [0.25, 0.3) is 0 Å². The molecule has 0 bridgehead atoms. The highest BCUT2D eigenvalue weighted by atomic mass is 16.5. The van der Waals surface area contributed by atoms with Crippen LogP contribution in [0.1, 0.15) is 44.7 Å². The van der Waals surface area contributed by atoms with E-state index in [1.54, 1.807) is 23.1 Å². The summed E-state index contributed by atoms with van der Waals surface area (Å²) in [6, 6.07) is 7.05. The summed E-state index contributed by atoms with van der Waals surface area (Å²) >= 11 is 0. The molecule has 3 atom stereocenters. The minimum atomic E-state index is -0.0486. The van der Waals surface area contributed by atoms with Gasteiger partial charge in [-0.05, 0) is 43.9 Å². The van der Waals surface area contributed by atoms with Gasteiger partial charge in [0.2, 0.25) is 5.91 Å². The van der Waals surface area contributed by atoms with E-state index >= 15 is 0 Å². The highest BCUT2D eigenvalue weighted by Crippen LogP contribution is 2.28. The second-order valence-corrected chi connectivity index (χ2v) is 5.84. The zero-order chi connectivity index (χ0) is 15.4. The van der Waals surface area contributed by atoms with E-state index in [4.69, 9.17) is 4.74 Å². The van der Waals surface area contributed by atoms with Crippen LogP contribution in [0.15, 0.2) is 24.3 Å². The van der Waals surface area contributed by atoms with E-state index < -0.39 is 0 Å². The molecule has 116 valence electrons. The van der Waals surface area contributed by atoms with Crippen molar-refractivity contribution in [1.29, 1.82) is 0 Å². The molecule has 1 N–H and O–H groups in total. The fourth-order valence-electron chi connectivity index (χ4n) is 2.88. The number of phenols is 1. The molecule has 2 rings (SSSR count). The standard InChI is InChI=1S/C17H25NO3/c1-4-16-11-14(8-9-21-16)17(20)18(3)12(2)13-6-5-7-15(19)10-13/h5-7,10,12,14,16,19H,4,8-9,11H2,1-3H3/t12-,14-,16+/m0/s1. The molecule has 0 radical (unpaired) electrons. The number of carbonyl (C=O) groups is 1. The number of ether oxygens (including phenoxy) is 1. The molecule has 1 heterocycles. The average molecular weight is 291 g/mol. The Labute approximate surface area is 126 Å². The van der Waals surface area contributed by atoms with Crippen LogP contribution in [0.3, 0.4) is 0 Å². The number of hydrogen-bond donors (Lipinski definition) is 1. The lowest BCUT2D eigenvalue weighted by molar-refractivity contribution is -0.141. The molecule has 4 nitrogen and oxygen atoms in total. The topological polar surface area (TPSA) is 49.8 Å². The Morgan fingerprint density at radius 3 is 2.95 bits per heavy atom. The highest BCUT2D eigenvalue weighted by Gasteiger charge is 2.30. The molecule has 0 unspecified atom stereocenters. The fraction of sp³-hybridized carbons (Fsp3) is 0.588. The number of benzene rings is 1. The van der Waals surface area contributed by atoms with Crippen LogP contribution in [-0.4, -0.2) is 35.7 Å². The van der Waals surface area contributed by atoms with Gasteiger partial charge in [-0.1, -0.05) is 19.1 Å². The van der Waals surface area contributed by atoms with E-state index in [0.29, 0.717) is 6.61 Å². The normalized spacial score (nSPS) is 23.6. The molecule has 1 aromatic rings. The first kappa shape index (κ1) is 15.8. The van der Waals surface area contributed by atoms with Crippen LogP contribution in [0, 0.1) is 5.92 Å². The van der Waals surface area contributed by atoms with Crippen LogP contribution in [-0.2, 0) is 9.53 Å². The summed E-state index contributed by atoms with van der Waals surface area (Å²) in [4.78, 5) is 14.5. The molecule has 1 aliphatic rings. The zero-order valence-corrected chi connectivity index (χ0v) is 13.1. The maximum Gasteiger partial charge on any atom is 0.226 e. The third-order valence-electron chi connectivity index (χ3n) is 4.45. The second kappa shape index (κ2) is 6.94. The molecule has 0 aliphatic carbocycles. The minimum absolute atomic E-state index is 0.0486. The number of carbonyl (C=O) groups excluding carboxylic acids is 1. The maximum atomic E-state index is 12.7. The summed E-state index contributed by atoms with van der Waals surface area (Å²) in [5, 5.41) is 9.58. The number of amides is 1. The Bertz CT molecular complexity index is 489. The molecular weight excluding hydrogens is 266 g/mol. The molecule has 4 heteroatoms. The van der Waals surface area contributed by atoms with Gasteiger partial charge in [-0.3, -0.25) is 4.79 Å². The van der Waals surface area contributed by atoms with Crippen molar-refractivity contribution >= 4 is 5.91 Å². The summed E-state index contributed by atoms with van der Waals surface area (Å²) < 4.78 is 5.64. The second-order valence-electron chi connectivity index (χ2n) is 5.84. The quantitative estimate of drug-likeness (QED) is 0.927. The lowest BCUT2D eigenvalue weighted by Crippen LogP contribution is -2.39. The predicted molar refractivity (Wildman–Crippen MR) is 82.0 cm³/mol.